The molecule has 3 rings (SSSR count). The molecule has 1 aromatic rings. The van der Waals surface area contributed by atoms with Gasteiger partial charge in [0.05, 0.1) is 12.0 Å². The van der Waals surface area contributed by atoms with Crippen LogP contribution in [-0.4, -0.2) is 49.8 Å². The Balaban J connectivity index is 0.000000209. The number of alkyl halides is 1. The molecule has 0 aromatic heterocycles. The van der Waals surface area contributed by atoms with Crippen molar-refractivity contribution in [2.75, 3.05) is 26.7 Å². The summed E-state index contributed by atoms with van der Waals surface area (Å²) < 4.78 is 24.0. The van der Waals surface area contributed by atoms with Gasteiger partial charge in [-0.3, -0.25) is 9.59 Å². The predicted octanol–water partition coefficient (Wildman–Crippen LogP) is 2.98. The van der Waals surface area contributed by atoms with Crippen LogP contribution in [0.2, 0.25) is 0 Å². The molecule has 0 spiro atoms. The molecule has 144 valence electrons. The normalized spacial score (nSPS) is 26.4. The third kappa shape index (κ3) is 4.81. The number of esters is 1. The minimum atomic E-state index is -1.27. The number of benzene rings is 1. The monoisotopic (exact) mass is 365 g/mol. The second kappa shape index (κ2) is 8.62. The Morgan fingerprint density at radius 2 is 2.00 bits per heavy atom. The zero-order valence-electron chi connectivity index (χ0n) is 15.7. The summed E-state index contributed by atoms with van der Waals surface area (Å²) in [4.78, 5) is 23.6. The molecule has 0 amide bonds. The Morgan fingerprint density at radius 1 is 1.35 bits per heavy atom. The summed E-state index contributed by atoms with van der Waals surface area (Å²) in [6.45, 7) is 5.68. The van der Waals surface area contributed by atoms with Crippen molar-refractivity contribution in [1.82, 2.24) is 4.90 Å². The van der Waals surface area contributed by atoms with E-state index in [1.54, 1.807) is 13.8 Å². The van der Waals surface area contributed by atoms with Gasteiger partial charge in [-0.1, -0.05) is 30.3 Å². The summed E-state index contributed by atoms with van der Waals surface area (Å²) >= 11 is 0. The van der Waals surface area contributed by atoms with E-state index >= 15 is 0 Å². The van der Waals surface area contributed by atoms with Crippen molar-refractivity contribution < 1.29 is 23.5 Å². The van der Waals surface area contributed by atoms with Crippen LogP contribution in [-0.2, 0) is 25.7 Å². The van der Waals surface area contributed by atoms with Gasteiger partial charge in [-0.15, -0.1) is 0 Å². The fraction of sp³-hybridized carbons (Fsp3) is 0.600. The van der Waals surface area contributed by atoms with Crippen molar-refractivity contribution in [3.05, 3.63) is 35.9 Å². The van der Waals surface area contributed by atoms with E-state index in [4.69, 9.17) is 4.74 Å². The van der Waals surface area contributed by atoms with E-state index in [1.807, 2.05) is 42.3 Å². The Morgan fingerprint density at radius 3 is 2.46 bits per heavy atom. The second-order valence-corrected chi connectivity index (χ2v) is 7.30. The lowest BCUT2D eigenvalue weighted by Crippen LogP contribution is -2.39. The molecule has 1 saturated carbocycles. The summed E-state index contributed by atoms with van der Waals surface area (Å²) in [6, 6.07) is 9.55. The topological polar surface area (TPSA) is 55.8 Å². The van der Waals surface area contributed by atoms with E-state index in [1.165, 1.54) is 0 Å². The number of nitrogens with zero attached hydrogens (tertiary/aromatic N) is 1. The first-order chi connectivity index (χ1) is 12.4. The molecular weight excluding hydrogens is 337 g/mol. The van der Waals surface area contributed by atoms with Crippen LogP contribution in [0.15, 0.2) is 30.3 Å². The van der Waals surface area contributed by atoms with Gasteiger partial charge in [-0.25, -0.2) is 4.39 Å². The maximum absolute atomic E-state index is 14.4. The lowest BCUT2D eigenvalue weighted by atomic mass is 9.80. The molecule has 1 saturated heterocycles. The van der Waals surface area contributed by atoms with E-state index in [0.717, 1.165) is 18.4 Å². The van der Waals surface area contributed by atoms with Gasteiger partial charge in [0.15, 0.2) is 0 Å². The van der Waals surface area contributed by atoms with Crippen molar-refractivity contribution >= 4 is 12.4 Å². The summed E-state index contributed by atoms with van der Waals surface area (Å²) in [7, 11) is 1.90. The highest BCUT2D eigenvalue weighted by molar-refractivity contribution is 5.80. The minimum Gasteiger partial charge on any atom is -0.466 e. The van der Waals surface area contributed by atoms with Gasteiger partial charge in [0.25, 0.3) is 6.47 Å². The number of carbonyl (C=O) groups excluding carboxylic acids is 2. The highest BCUT2D eigenvalue weighted by Crippen LogP contribution is 2.58. The lowest BCUT2D eigenvalue weighted by Gasteiger charge is -2.28. The van der Waals surface area contributed by atoms with Crippen LogP contribution in [0.4, 0.5) is 4.39 Å². The van der Waals surface area contributed by atoms with Gasteiger partial charge in [0, 0.05) is 19.0 Å². The number of rotatable bonds is 6. The van der Waals surface area contributed by atoms with Crippen molar-refractivity contribution in [2.45, 2.75) is 39.0 Å². The molecule has 2 fully saturated rings. The fourth-order valence-electron chi connectivity index (χ4n) is 3.76. The first-order valence-corrected chi connectivity index (χ1v) is 8.99. The second-order valence-electron chi connectivity index (χ2n) is 7.30. The molecule has 1 aliphatic heterocycles. The predicted molar refractivity (Wildman–Crippen MR) is 96.1 cm³/mol. The van der Waals surface area contributed by atoms with Gasteiger partial charge in [-0.05, 0) is 39.3 Å². The van der Waals surface area contributed by atoms with Crippen LogP contribution in [0.3, 0.4) is 0 Å². The number of hydrogen-bond acceptors (Lipinski definition) is 5. The van der Waals surface area contributed by atoms with Crippen LogP contribution in [0, 0.1) is 11.3 Å². The van der Waals surface area contributed by atoms with Gasteiger partial charge >= 0.3 is 5.97 Å². The Bertz CT molecular complexity index is 601. The fourth-order valence-corrected chi connectivity index (χ4v) is 3.76. The lowest BCUT2D eigenvalue weighted by molar-refractivity contribution is -0.154. The zero-order chi connectivity index (χ0) is 19.2. The van der Waals surface area contributed by atoms with E-state index in [0.29, 0.717) is 32.8 Å². The third-order valence-corrected chi connectivity index (χ3v) is 5.10. The number of likely N-dealkylation sites (tertiary alicyclic amines) is 1. The van der Waals surface area contributed by atoms with Crippen LogP contribution >= 0.6 is 0 Å². The number of halogens is 1. The molecule has 2 atom stereocenters. The van der Waals surface area contributed by atoms with E-state index < -0.39 is 11.1 Å². The number of hydrogen-bond donors (Lipinski definition) is 0. The van der Waals surface area contributed by atoms with Crippen LogP contribution in [0.5, 0.6) is 0 Å². The smallest absolute Gasteiger partial charge is 0.312 e. The maximum atomic E-state index is 14.4. The average Bonchev–Trinajstić information content (AvgIpc) is 3.35. The maximum Gasteiger partial charge on any atom is 0.312 e. The van der Waals surface area contributed by atoms with Gasteiger partial charge in [0.2, 0.25) is 0 Å². The summed E-state index contributed by atoms with van der Waals surface area (Å²) in [5.74, 6) is -0.400. The zero-order valence-corrected chi connectivity index (χ0v) is 15.7. The van der Waals surface area contributed by atoms with E-state index in [-0.39, 0.29) is 11.9 Å². The molecule has 1 aromatic carbocycles. The molecule has 1 heterocycles. The Hall–Kier alpha value is -1.95. The first kappa shape index (κ1) is 20.4. The molecule has 0 N–H and O–H groups in total. The summed E-state index contributed by atoms with van der Waals surface area (Å²) in [6.07, 6.45) is 1.56. The molecule has 1 aliphatic carbocycles. The van der Waals surface area contributed by atoms with Crippen molar-refractivity contribution in [3.8, 4) is 0 Å². The van der Waals surface area contributed by atoms with E-state index in [9.17, 15) is 14.0 Å². The molecule has 0 bridgehead atoms. The summed E-state index contributed by atoms with van der Waals surface area (Å²) in [5.41, 5.74) is -0.781. The molecule has 5 nitrogen and oxygen atoms in total. The molecular formula is C20H28FNO4. The molecule has 6 heteroatoms. The molecule has 0 radical (unpaired) electrons. The van der Waals surface area contributed by atoms with Gasteiger partial charge in [0.1, 0.15) is 12.3 Å². The van der Waals surface area contributed by atoms with Gasteiger partial charge in [-0.2, -0.15) is 0 Å². The standard InChI is InChI=1S/C12H20FNO2.C8H8O2/c1-4-16-10(15)12(5-6-12)9-7-14(3)8-11(9,2)13;9-7-10-6-8-4-2-1-3-5-8/h9H,4-8H2,1-3H3;1-5,7H,6H2. The minimum absolute atomic E-state index is 0.195. The van der Waals surface area contributed by atoms with Crippen LogP contribution in [0.25, 0.3) is 0 Å². The van der Waals surface area contributed by atoms with E-state index in [2.05, 4.69) is 4.74 Å². The van der Waals surface area contributed by atoms with Crippen molar-refractivity contribution in [3.63, 3.8) is 0 Å². The highest BCUT2D eigenvalue weighted by Gasteiger charge is 2.64. The molecule has 2 aliphatic rings. The largest absolute Gasteiger partial charge is 0.466 e. The SMILES string of the molecule is CCOC(=O)C1(C2CN(C)CC2(C)F)CC1.O=COCc1ccccc1. The third-order valence-electron chi connectivity index (χ3n) is 5.10. The first-order valence-electron chi connectivity index (χ1n) is 8.99. The molecule has 26 heavy (non-hydrogen) atoms. The van der Waals surface area contributed by atoms with Crippen LogP contribution in [0.1, 0.15) is 32.3 Å². The van der Waals surface area contributed by atoms with Gasteiger partial charge < -0.3 is 14.4 Å². The average molecular weight is 365 g/mol. The summed E-state index contributed by atoms with van der Waals surface area (Å²) in [5, 5.41) is 0. The van der Waals surface area contributed by atoms with Crippen LogP contribution < -0.4 is 0 Å². The highest BCUT2D eigenvalue weighted by atomic mass is 19.1. The quantitative estimate of drug-likeness (QED) is 0.573. The molecule has 2 unspecified atom stereocenters. The Kier molecular flexibility index (Phi) is 6.75. The number of carbonyl (C=O) groups is 2. The van der Waals surface area contributed by atoms with Crippen molar-refractivity contribution in [1.29, 1.82) is 0 Å². The van der Waals surface area contributed by atoms with Crippen molar-refractivity contribution in [2.24, 2.45) is 11.3 Å². The Labute approximate surface area is 154 Å². The number of ether oxygens (including phenoxy) is 2.